The third-order valence-corrected chi connectivity index (χ3v) is 4.06. The van der Waals surface area contributed by atoms with E-state index in [1.165, 1.54) is 16.9 Å². The van der Waals surface area contributed by atoms with E-state index in [1.54, 1.807) is 12.1 Å². The highest BCUT2D eigenvalue weighted by Gasteiger charge is 2.18. The monoisotopic (exact) mass is 225 g/mol. The van der Waals surface area contributed by atoms with Crippen LogP contribution in [0.3, 0.4) is 0 Å². The van der Waals surface area contributed by atoms with E-state index in [-0.39, 0.29) is 5.82 Å². The van der Waals surface area contributed by atoms with Gasteiger partial charge in [0.25, 0.3) is 0 Å². The molecular weight excluding hydrogens is 209 g/mol. The van der Waals surface area contributed by atoms with Crippen molar-refractivity contribution in [3.63, 3.8) is 0 Å². The Kier molecular flexibility index (Phi) is 3.65. The van der Waals surface area contributed by atoms with Crippen LogP contribution < -0.4 is 5.73 Å². The van der Waals surface area contributed by atoms with Gasteiger partial charge in [-0.05, 0) is 61.2 Å². The van der Waals surface area contributed by atoms with E-state index in [0.29, 0.717) is 12.5 Å². The maximum atomic E-state index is 13.2. The zero-order valence-corrected chi connectivity index (χ0v) is 9.52. The van der Waals surface area contributed by atoms with Gasteiger partial charge in [0.1, 0.15) is 5.82 Å². The van der Waals surface area contributed by atoms with Crippen LogP contribution in [-0.2, 0) is 0 Å². The Bertz CT molecular complexity index is 340. The molecule has 1 aliphatic heterocycles. The summed E-state index contributed by atoms with van der Waals surface area (Å²) in [5.41, 5.74) is 6.77. The van der Waals surface area contributed by atoms with E-state index < -0.39 is 0 Å². The Morgan fingerprint density at radius 1 is 1.47 bits per heavy atom. The summed E-state index contributed by atoms with van der Waals surface area (Å²) in [4.78, 5) is 1.24. The molecule has 0 spiro atoms. The summed E-state index contributed by atoms with van der Waals surface area (Å²) in [6.45, 7) is 0.686. The molecule has 1 nitrogen and oxygen atoms in total. The lowest BCUT2D eigenvalue weighted by Crippen LogP contribution is -2.07. The molecule has 0 amide bonds. The third kappa shape index (κ3) is 2.52. The fourth-order valence-corrected chi connectivity index (χ4v) is 3.23. The highest BCUT2D eigenvalue weighted by atomic mass is 32.2. The molecule has 0 saturated carbocycles. The molecule has 0 aliphatic carbocycles. The lowest BCUT2D eigenvalue weighted by Gasteiger charge is -2.16. The molecule has 0 radical (unpaired) electrons. The van der Waals surface area contributed by atoms with E-state index in [2.05, 4.69) is 0 Å². The van der Waals surface area contributed by atoms with Gasteiger partial charge in [0, 0.05) is 4.90 Å². The second kappa shape index (κ2) is 4.99. The lowest BCUT2D eigenvalue weighted by molar-refractivity contribution is 0.564. The summed E-state index contributed by atoms with van der Waals surface area (Å²) in [7, 11) is 0. The molecule has 82 valence electrons. The van der Waals surface area contributed by atoms with E-state index >= 15 is 0 Å². The smallest absolute Gasteiger partial charge is 0.123 e. The molecule has 1 aromatic carbocycles. The summed E-state index contributed by atoms with van der Waals surface area (Å²) in [5.74, 6) is 1.47. The highest BCUT2D eigenvalue weighted by Crippen LogP contribution is 2.37. The molecule has 0 fully saturated rings. The number of fused-ring (bicyclic) bond motifs is 1. The molecule has 1 atom stereocenters. The van der Waals surface area contributed by atoms with Gasteiger partial charge in [0.15, 0.2) is 0 Å². The summed E-state index contributed by atoms with van der Waals surface area (Å²) >= 11 is 1.84. The quantitative estimate of drug-likeness (QED) is 0.836. The lowest BCUT2D eigenvalue weighted by atomic mass is 9.91. The molecule has 3 heteroatoms. The van der Waals surface area contributed by atoms with E-state index in [0.717, 1.165) is 18.6 Å². The Morgan fingerprint density at radius 3 is 3.13 bits per heavy atom. The standard InChI is InChI=1S/C12H16FNS/c13-10-3-4-12-11(8-10)9(5-6-14)2-1-7-15-12/h3-4,8-9H,1-2,5-7,14H2. The van der Waals surface area contributed by atoms with Crippen LogP contribution in [0.25, 0.3) is 0 Å². The maximum absolute atomic E-state index is 13.2. The molecule has 0 saturated heterocycles. The number of nitrogens with two attached hydrogens (primary N) is 1. The van der Waals surface area contributed by atoms with Crippen LogP contribution in [0.5, 0.6) is 0 Å². The van der Waals surface area contributed by atoms with Crippen molar-refractivity contribution in [2.24, 2.45) is 5.73 Å². The molecule has 1 aromatic rings. The van der Waals surface area contributed by atoms with Gasteiger partial charge in [-0.1, -0.05) is 0 Å². The first-order valence-corrected chi connectivity index (χ1v) is 6.42. The van der Waals surface area contributed by atoms with Gasteiger partial charge in [-0.3, -0.25) is 0 Å². The van der Waals surface area contributed by atoms with E-state index in [1.807, 2.05) is 17.8 Å². The average Bonchev–Trinajstić information content (AvgIpc) is 2.42. The van der Waals surface area contributed by atoms with Crippen LogP contribution in [0.2, 0.25) is 0 Å². The summed E-state index contributed by atoms with van der Waals surface area (Å²) in [6, 6.07) is 5.15. The Labute approximate surface area is 94.2 Å². The first-order chi connectivity index (χ1) is 7.31. The zero-order chi connectivity index (χ0) is 10.7. The van der Waals surface area contributed by atoms with Gasteiger partial charge in [-0.15, -0.1) is 11.8 Å². The number of benzene rings is 1. The average molecular weight is 225 g/mol. The first-order valence-electron chi connectivity index (χ1n) is 5.43. The van der Waals surface area contributed by atoms with Crippen LogP contribution in [0.4, 0.5) is 4.39 Å². The minimum absolute atomic E-state index is 0.127. The highest BCUT2D eigenvalue weighted by molar-refractivity contribution is 7.99. The maximum Gasteiger partial charge on any atom is 0.123 e. The van der Waals surface area contributed by atoms with Gasteiger partial charge in [-0.25, -0.2) is 4.39 Å². The van der Waals surface area contributed by atoms with Crippen molar-refractivity contribution < 1.29 is 4.39 Å². The van der Waals surface area contributed by atoms with Gasteiger partial charge in [0.05, 0.1) is 0 Å². The van der Waals surface area contributed by atoms with Crippen molar-refractivity contribution >= 4 is 11.8 Å². The largest absolute Gasteiger partial charge is 0.330 e. The molecule has 15 heavy (non-hydrogen) atoms. The topological polar surface area (TPSA) is 26.0 Å². The Hall–Kier alpha value is -0.540. The van der Waals surface area contributed by atoms with E-state index in [4.69, 9.17) is 5.73 Å². The van der Waals surface area contributed by atoms with Gasteiger partial charge in [0.2, 0.25) is 0 Å². The minimum Gasteiger partial charge on any atom is -0.330 e. The molecule has 2 N–H and O–H groups in total. The van der Waals surface area contributed by atoms with Crippen LogP contribution in [0.15, 0.2) is 23.1 Å². The van der Waals surface area contributed by atoms with Gasteiger partial charge in [-0.2, -0.15) is 0 Å². The Balaban J connectivity index is 2.33. The molecule has 1 unspecified atom stereocenters. The molecule has 1 aliphatic rings. The molecule has 0 bridgehead atoms. The van der Waals surface area contributed by atoms with Gasteiger partial charge >= 0.3 is 0 Å². The van der Waals surface area contributed by atoms with Crippen molar-refractivity contribution in [1.82, 2.24) is 0 Å². The van der Waals surface area contributed by atoms with Crippen molar-refractivity contribution in [2.45, 2.75) is 30.1 Å². The second-order valence-corrected chi connectivity index (χ2v) is 5.08. The van der Waals surface area contributed by atoms with Crippen LogP contribution in [-0.4, -0.2) is 12.3 Å². The molecule has 0 aromatic heterocycles. The normalized spacial score (nSPS) is 20.8. The summed E-state index contributed by atoms with van der Waals surface area (Å²) in [5, 5.41) is 0. The predicted octanol–water partition coefficient (Wildman–Crippen LogP) is 3.14. The Morgan fingerprint density at radius 2 is 2.33 bits per heavy atom. The number of thioether (sulfide) groups is 1. The van der Waals surface area contributed by atoms with Crippen molar-refractivity contribution in [1.29, 1.82) is 0 Å². The van der Waals surface area contributed by atoms with E-state index in [9.17, 15) is 4.39 Å². The van der Waals surface area contributed by atoms with Crippen LogP contribution in [0, 0.1) is 5.82 Å². The van der Waals surface area contributed by atoms with Crippen LogP contribution >= 0.6 is 11.8 Å². The van der Waals surface area contributed by atoms with Crippen molar-refractivity contribution in [3.05, 3.63) is 29.6 Å². The fourth-order valence-electron chi connectivity index (χ4n) is 2.14. The second-order valence-electron chi connectivity index (χ2n) is 3.95. The fraction of sp³-hybridized carbons (Fsp3) is 0.500. The minimum atomic E-state index is -0.127. The predicted molar refractivity (Wildman–Crippen MR) is 62.8 cm³/mol. The van der Waals surface area contributed by atoms with Gasteiger partial charge < -0.3 is 5.73 Å². The summed E-state index contributed by atoms with van der Waals surface area (Å²) < 4.78 is 13.2. The SMILES string of the molecule is NCCC1CCCSc2ccc(F)cc21. The summed E-state index contributed by atoms with van der Waals surface area (Å²) in [6.07, 6.45) is 3.31. The number of rotatable bonds is 2. The number of halogens is 1. The molecule has 2 rings (SSSR count). The molecule has 1 heterocycles. The third-order valence-electron chi connectivity index (χ3n) is 2.88. The number of hydrogen-bond acceptors (Lipinski definition) is 2. The van der Waals surface area contributed by atoms with Crippen molar-refractivity contribution in [2.75, 3.05) is 12.3 Å². The van der Waals surface area contributed by atoms with Crippen molar-refractivity contribution in [3.8, 4) is 0 Å². The van der Waals surface area contributed by atoms with Crippen LogP contribution in [0.1, 0.15) is 30.7 Å². The number of hydrogen-bond donors (Lipinski definition) is 1. The zero-order valence-electron chi connectivity index (χ0n) is 8.71. The molecular formula is C12H16FNS. The first kappa shape index (κ1) is 11.0.